The number of hydrogen-bond donors (Lipinski definition) is 2. The maximum atomic E-state index is 14.3. The summed E-state index contributed by atoms with van der Waals surface area (Å²) in [6, 6.07) is 7.65. The van der Waals surface area contributed by atoms with Gasteiger partial charge in [0.25, 0.3) is 0 Å². The number of rotatable bonds is 7. The lowest BCUT2D eigenvalue weighted by molar-refractivity contribution is -0.136. The molecule has 7 nitrogen and oxygen atoms in total. The zero-order valence-corrected chi connectivity index (χ0v) is 21.6. The van der Waals surface area contributed by atoms with Crippen LogP contribution in [0.5, 0.6) is 0 Å². The van der Waals surface area contributed by atoms with Crippen LogP contribution in [-0.2, 0) is 6.18 Å². The Bertz CT molecular complexity index is 1600. The van der Waals surface area contributed by atoms with Crippen LogP contribution in [-0.4, -0.2) is 26.5 Å². The molecule has 1 aliphatic carbocycles. The van der Waals surface area contributed by atoms with Crippen molar-refractivity contribution in [2.45, 2.75) is 51.8 Å². The van der Waals surface area contributed by atoms with Gasteiger partial charge in [-0.25, -0.2) is 9.07 Å². The third-order valence-corrected chi connectivity index (χ3v) is 6.28. The Morgan fingerprint density at radius 3 is 2.51 bits per heavy atom. The molecule has 1 atom stereocenters. The summed E-state index contributed by atoms with van der Waals surface area (Å²) in [6.45, 7) is 6.24. The van der Waals surface area contributed by atoms with Crippen LogP contribution in [0.25, 0.3) is 10.9 Å². The molecule has 0 saturated heterocycles. The van der Waals surface area contributed by atoms with E-state index in [1.165, 1.54) is 30.3 Å². The van der Waals surface area contributed by atoms with Gasteiger partial charge in [0, 0.05) is 23.8 Å². The number of nitrogens with zero attached hydrogens (tertiary/aromatic N) is 5. The van der Waals surface area contributed by atoms with E-state index in [0.717, 1.165) is 25.1 Å². The van der Waals surface area contributed by atoms with E-state index in [0.29, 0.717) is 6.54 Å². The number of alkyl halides is 3. The Balaban J connectivity index is 1.69. The van der Waals surface area contributed by atoms with Gasteiger partial charge in [-0.2, -0.15) is 18.4 Å². The summed E-state index contributed by atoms with van der Waals surface area (Å²) in [5.41, 5.74) is -0.967. The molecule has 4 aromatic rings. The van der Waals surface area contributed by atoms with Crippen molar-refractivity contribution < 1.29 is 18.9 Å². The number of aromatic nitrogens is 4. The van der Waals surface area contributed by atoms with Crippen LogP contribution in [0.15, 0.2) is 48.8 Å². The zero-order chi connectivity index (χ0) is 28.9. The molecule has 0 unspecified atom stereocenters. The molecule has 2 N–H and O–H groups in total. The minimum atomic E-state index is -4.78. The van der Waals surface area contributed by atoms with Gasteiger partial charge in [0.2, 0.25) is 0 Å². The molecule has 2 aromatic heterocycles. The molecule has 11 heteroatoms. The standard InChI is InChI=1S/C28H27F4N7/c1-27(2,3)15-35-24-17(12-33)13-34-26-21(24)10-19(11-22(26)28(30,31)32)36-25(16-4-6-18(29)7-5-16)23-14-39(38-37-23)20-8-9-20/h4-7,10-11,13-14,20,25,36H,8-9,15H2,1-3H3,(H,34,35)/t25-/m0/s1/i25D. The smallest absolute Gasteiger partial charge is 0.383 e. The van der Waals surface area contributed by atoms with Gasteiger partial charge in [-0.1, -0.05) is 38.1 Å². The Hall–Kier alpha value is -4.20. The van der Waals surface area contributed by atoms with Gasteiger partial charge in [-0.15, -0.1) is 5.10 Å². The van der Waals surface area contributed by atoms with Gasteiger partial charge in [0.05, 0.1) is 42.0 Å². The van der Waals surface area contributed by atoms with Gasteiger partial charge in [0.1, 0.15) is 17.6 Å². The van der Waals surface area contributed by atoms with E-state index in [-0.39, 0.29) is 50.6 Å². The fourth-order valence-corrected chi connectivity index (χ4v) is 4.17. The molecule has 2 aromatic carbocycles. The van der Waals surface area contributed by atoms with Crippen molar-refractivity contribution in [2.24, 2.45) is 5.41 Å². The summed E-state index contributed by atoms with van der Waals surface area (Å²) in [5, 5.41) is 24.1. The number of pyridine rings is 1. The van der Waals surface area contributed by atoms with Crippen LogP contribution in [0.4, 0.5) is 28.9 Å². The van der Waals surface area contributed by atoms with Crippen LogP contribution in [0.2, 0.25) is 0 Å². The SMILES string of the molecule is [2H][C@](Nc1cc(C(F)(F)F)c2ncc(C#N)c(NCC(C)(C)C)c2c1)(c1ccc(F)cc1)c1cn(C2CC2)nn1. The third kappa shape index (κ3) is 5.79. The van der Waals surface area contributed by atoms with Gasteiger partial charge >= 0.3 is 6.18 Å². The molecule has 2 heterocycles. The maximum Gasteiger partial charge on any atom is 0.418 e. The molecule has 0 spiro atoms. The van der Waals surface area contributed by atoms with Crippen LogP contribution >= 0.6 is 0 Å². The Kier molecular flexibility index (Phi) is 6.33. The first-order chi connectivity index (χ1) is 18.8. The maximum absolute atomic E-state index is 14.3. The molecule has 202 valence electrons. The van der Waals surface area contributed by atoms with Crippen LogP contribution in [0.3, 0.4) is 0 Å². The third-order valence-electron chi connectivity index (χ3n) is 6.28. The fraction of sp³-hybridized carbons (Fsp3) is 0.357. The highest BCUT2D eigenvalue weighted by Gasteiger charge is 2.35. The molecule has 1 fully saturated rings. The summed E-state index contributed by atoms with van der Waals surface area (Å²) in [6.07, 6.45) is -0.252. The van der Waals surface area contributed by atoms with Crippen molar-refractivity contribution in [3.63, 3.8) is 0 Å². The van der Waals surface area contributed by atoms with E-state index in [4.69, 9.17) is 0 Å². The highest BCUT2D eigenvalue weighted by Crippen LogP contribution is 2.41. The minimum Gasteiger partial charge on any atom is -0.383 e. The average molecular weight is 539 g/mol. The van der Waals surface area contributed by atoms with Crippen molar-refractivity contribution >= 4 is 22.3 Å². The second kappa shape index (κ2) is 9.84. The molecular formula is C28H27F4N7. The molecule has 0 amide bonds. The fourth-order valence-electron chi connectivity index (χ4n) is 4.17. The molecule has 0 bridgehead atoms. The van der Waals surface area contributed by atoms with Crippen molar-refractivity contribution in [3.05, 3.63) is 77.0 Å². The highest BCUT2D eigenvalue weighted by atomic mass is 19.4. The Morgan fingerprint density at radius 2 is 1.90 bits per heavy atom. The Morgan fingerprint density at radius 1 is 1.18 bits per heavy atom. The van der Waals surface area contributed by atoms with Crippen LogP contribution in [0, 0.1) is 22.6 Å². The first-order valence-corrected chi connectivity index (χ1v) is 12.4. The van der Waals surface area contributed by atoms with E-state index < -0.39 is 23.6 Å². The number of benzene rings is 2. The number of anilines is 2. The average Bonchev–Trinajstić information content (AvgIpc) is 3.61. The lowest BCUT2D eigenvalue weighted by atomic mass is 9.96. The molecule has 0 aliphatic heterocycles. The topological polar surface area (TPSA) is 91.5 Å². The minimum absolute atomic E-state index is 0.0594. The lowest BCUT2D eigenvalue weighted by Crippen LogP contribution is -2.20. The molecule has 39 heavy (non-hydrogen) atoms. The normalized spacial score (nSPS) is 15.9. The van der Waals surface area contributed by atoms with E-state index in [1.807, 2.05) is 26.8 Å². The van der Waals surface area contributed by atoms with E-state index in [9.17, 15) is 24.2 Å². The summed E-state index contributed by atoms with van der Waals surface area (Å²) in [5.74, 6) is -0.525. The Labute approximate surface area is 224 Å². The first kappa shape index (κ1) is 25.1. The second-order valence-electron chi connectivity index (χ2n) is 10.8. The van der Waals surface area contributed by atoms with Crippen molar-refractivity contribution in [3.8, 4) is 6.07 Å². The zero-order valence-electron chi connectivity index (χ0n) is 22.6. The second-order valence-corrected chi connectivity index (χ2v) is 10.8. The van der Waals surface area contributed by atoms with Crippen molar-refractivity contribution in [2.75, 3.05) is 17.2 Å². The van der Waals surface area contributed by atoms with Crippen LogP contribution < -0.4 is 10.6 Å². The van der Waals surface area contributed by atoms with Crippen molar-refractivity contribution in [1.82, 2.24) is 20.0 Å². The van der Waals surface area contributed by atoms with Gasteiger partial charge < -0.3 is 10.6 Å². The van der Waals surface area contributed by atoms with Gasteiger partial charge in [0.15, 0.2) is 0 Å². The number of nitriles is 1. The molecular weight excluding hydrogens is 510 g/mol. The first-order valence-electron chi connectivity index (χ1n) is 12.9. The summed E-state index contributed by atoms with van der Waals surface area (Å²) in [4.78, 5) is 3.99. The molecule has 0 radical (unpaired) electrons. The number of fused-ring (bicyclic) bond motifs is 1. The molecule has 1 aliphatic rings. The lowest BCUT2D eigenvalue weighted by Gasteiger charge is -2.23. The molecule has 5 rings (SSSR count). The predicted molar refractivity (Wildman–Crippen MR) is 140 cm³/mol. The summed E-state index contributed by atoms with van der Waals surface area (Å²) in [7, 11) is 0. The van der Waals surface area contributed by atoms with Gasteiger partial charge in [-0.3, -0.25) is 4.98 Å². The number of nitrogens with one attached hydrogen (secondary N) is 2. The summed E-state index contributed by atoms with van der Waals surface area (Å²) >= 11 is 0. The molecule has 1 saturated carbocycles. The van der Waals surface area contributed by atoms with E-state index in [1.54, 1.807) is 10.9 Å². The number of hydrogen-bond acceptors (Lipinski definition) is 6. The van der Waals surface area contributed by atoms with E-state index >= 15 is 0 Å². The van der Waals surface area contributed by atoms with E-state index in [2.05, 4.69) is 25.9 Å². The summed E-state index contributed by atoms with van der Waals surface area (Å²) < 4.78 is 67.8. The van der Waals surface area contributed by atoms with Crippen molar-refractivity contribution in [1.29, 1.82) is 5.26 Å². The van der Waals surface area contributed by atoms with Crippen LogP contribution in [0.1, 0.15) is 69.4 Å². The highest BCUT2D eigenvalue weighted by molar-refractivity contribution is 5.98. The largest absolute Gasteiger partial charge is 0.418 e. The predicted octanol–water partition coefficient (Wildman–Crippen LogP) is 6.85. The number of halogens is 4. The van der Waals surface area contributed by atoms with Gasteiger partial charge in [-0.05, 0) is 48.1 Å². The quantitative estimate of drug-likeness (QED) is 0.250. The monoisotopic (exact) mass is 538 g/mol.